The second-order valence-electron chi connectivity index (χ2n) is 14.3. The zero-order valence-electron chi connectivity index (χ0n) is 35.2. The molecule has 0 saturated carbocycles. The first-order valence-corrected chi connectivity index (χ1v) is 20.3. The van der Waals surface area contributed by atoms with Gasteiger partial charge in [-0.2, -0.15) is 4.90 Å². The van der Waals surface area contributed by atoms with E-state index in [4.69, 9.17) is 51.9 Å². The summed E-state index contributed by atoms with van der Waals surface area (Å²) in [5.41, 5.74) is 0.204. The van der Waals surface area contributed by atoms with Crippen molar-refractivity contribution in [2.45, 2.75) is 58.2 Å². The van der Waals surface area contributed by atoms with Gasteiger partial charge in [-0.3, -0.25) is 14.4 Å². The van der Waals surface area contributed by atoms with Crippen LogP contribution in [0.15, 0.2) is 36.4 Å². The van der Waals surface area contributed by atoms with Crippen molar-refractivity contribution in [3.8, 4) is 5.75 Å². The Kier molecular flexibility index (Phi) is 24.4. The van der Waals surface area contributed by atoms with Gasteiger partial charge in [0.1, 0.15) is 5.75 Å². The van der Waals surface area contributed by atoms with Crippen LogP contribution in [0.25, 0.3) is 0 Å². The predicted molar refractivity (Wildman–Crippen MR) is 215 cm³/mol. The summed E-state index contributed by atoms with van der Waals surface area (Å²) in [5.74, 6) is -0.585. The number of rotatable bonds is 34. The molecule has 5 amide bonds. The van der Waals surface area contributed by atoms with Crippen LogP contribution in [0.5, 0.6) is 5.75 Å². The van der Waals surface area contributed by atoms with Crippen LogP contribution in [0.2, 0.25) is 0 Å². The lowest BCUT2D eigenvalue weighted by Crippen LogP contribution is -2.44. The van der Waals surface area contributed by atoms with E-state index < -0.39 is 25.0 Å². The zero-order chi connectivity index (χ0) is 42.6. The van der Waals surface area contributed by atoms with Crippen molar-refractivity contribution in [2.75, 3.05) is 125 Å². The van der Waals surface area contributed by atoms with Crippen LogP contribution < -0.4 is 20.8 Å². The molecule has 1 fully saturated rings. The highest BCUT2D eigenvalue weighted by atomic mass is 16.7. The average molecular weight is 838 g/mol. The fourth-order valence-electron chi connectivity index (χ4n) is 5.15. The summed E-state index contributed by atoms with van der Waals surface area (Å²) in [6.07, 6.45) is 4.02. The molecule has 0 aromatic heterocycles. The second kappa shape index (κ2) is 28.9. The number of carbonyl (C=O) groups excluding carboxylic acids is 4. The van der Waals surface area contributed by atoms with Gasteiger partial charge >= 0.3 is 13.1 Å². The molecule has 332 valence electrons. The van der Waals surface area contributed by atoms with E-state index in [2.05, 4.69) is 10.6 Å². The lowest BCUT2D eigenvalue weighted by atomic mass is 9.79. The lowest BCUT2D eigenvalue weighted by molar-refractivity contribution is -0.133. The van der Waals surface area contributed by atoms with E-state index in [1.165, 1.54) is 0 Å². The van der Waals surface area contributed by atoms with Gasteiger partial charge in [-0.1, -0.05) is 12.1 Å². The predicted octanol–water partition coefficient (Wildman–Crippen LogP) is 1.42. The van der Waals surface area contributed by atoms with E-state index in [9.17, 15) is 19.2 Å². The summed E-state index contributed by atoms with van der Waals surface area (Å²) >= 11 is 0. The third-order valence-corrected chi connectivity index (χ3v) is 9.18. The average Bonchev–Trinajstić information content (AvgIpc) is 3.66. The molecule has 2 N–H and O–H groups in total. The topological polar surface area (TPSA) is 197 Å². The van der Waals surface area contributed by atoms with Crippen molar-refractivity contribution < 1.29 is 71.1 Å². The van der Waals surface area contributed by atoms with Gasteiger partial charge in [-0.15, -0.1) is 0 Å². The van der Waals surface area contributed by atoms with Gasteiger partial charge in [0.15, 0.2) is 0 Å². The molecular formula is C40H64BN3O15. The number of unbranched alkanes of at least 4 members (excludes halogenated alkanes) is 1. The van der Waals surface area contributed by atoms with Gasteiger partial charge in [-0.05, 0) is 58.1 Å². The van der Waals surface area contributed by atoms with Gasteiger partial charge < -0.3 is 62.6 Å². The Labute approximate surface area is 348 Å². The maximum absolute atomic E-state index is 12.1. The molecule has 0 radical (unpaired) electrons. The molecule has 0 bridgehead atoms. The molecule has 59 heavy (non-hydrogen) atoms. The van der Waals surface area contributed by atoms with Crippen molar-refractivity contribution >= 4 is 36.3 Å². The molecule has 0 atom stereocenters. The fourth-order valence-corrected chi connectivity index (χ4v) is 5.15. The molecule has 2 heterocycles. The normalized spacial score (nSPS) is 15.7. The van der Waals surface area contributed by atoms with E-state index in [-0.39, 0.29) is 30.3 Å². The SMILES string of the molecule is CC1(C)OB(c2ccc(OCCCCNC(=O)CCOCCOCCOCCOCCOCCOCCOCCOCCNC(=O)N3C(=O)C=CC3=O)cc2)OC1(C)C. The Balaban J connectivity index is 0.952. The summed E-state index contributed by atoms with van der Waals surface area (Å²) in [5, 5.41) is 5.35. The number of benzene rings is 1. The number of nitrogens with zero attached hydrogens (tertiary/aromatic N) is 1. The largest absolute Gasteiger partial charge is 0.494 e. The number of hydrogen-bond acceptors (Lipinski definition) is 15. The third kappa shape index (κ3) is 20.6. The number of imide groups is 3. The maximum Gasteiger partial charge on any atom is 0.494 e. The van der Waals surface area contributed by atoms with Gasteiger partial charge in [0, 0.05) is 31.7 Å². The van der Waals surface area contributed by atoms with Crippen LogP contribution in [0.3, 0.4) is 0 Å². The Morgan fingerprint density at radius 1 is 0.559 bits per heavy atom. The zero-order valence-corrected chi connectivity index (χ0v) is 35.2. The highest BCUT2D eigenvalue weighted by Crippen LogP contribution is 2.36. The molecule has 1 aromatic rings. The molecule has 0 unspecified atom stereocenters. The summed E-state index contributed by atoms with van der Waals surface area (Å²) in [7, 11) is -0.394. The highest BCUT2D eigenvalue weighted by molar-refractivity contribution is 6.62. The monoisotopic (exact) mass is 837 g/mol. The van der Waals surface area contributed by atoms with E-state index in [1.807, 2.05) is 52.0 Å². The Bertz CT molecular complexity index is 1370. The third-order valence-electron chi connectivity index (χ3n) is 9.18. The molecule has 1 aromatic carbocycles. The molecule has 0 spiro atoms. The number of urea groups is 1. The quantitative estimate of drug-likeness (QED) is 0.0574. The molecule has 3 rings (SSSR count). The summed E-state index contributed by atoms with van der Waals surface area (Å²) in [4.78, 5) is 47.2. The van der Waals surface area contributed by atoms with Gasteiger partial charge in [0.05, 0.1) is 124 Å². The van der Waals surface area contributed by atoms with Crippen molar-refractivity contribution in [1.82, 2.24) is 15.5 Å². The number of amides is 5. The molecule has 1 saturated heterocycles. The van der Waals surface area contributed by atoms with E-state index in [0.29, 0.717) is 124 Å². The number of hydrogen-bond donors (Lipinski definition) is 2. The first-order chi connectivity index (χ1) is 28.5. The van der Waals surface area contributed by atoms with Crippen molar-refractivity contribution in [1.29, 1.82) is 0 Å². The van der Waals surface area contributed by atoms with Crippen LogP contribution >= 0.6 is 0 Å². The first kappa shape index (κ1) is 49.9. The van der Waals surface area contributed by atoms with E-state index in [1.54, 1.807) is 0 Å². The fraction of sp³-hybridized carbons (Fsp3) is 0.700. The van der Waals surface area contributed by atoms with Crippen LogP contribution in [-0.2, 0) is 61.6 Å². The van der Waals surface area contributed by atoms with Crippen LogP contribution in [0.1, 0.15) is 47.0 Å². The molecule has 2 aliphatic heterocycles. The highest BCUT2D eigenvalue weighted by Gasteiger charge is 2.51. The molecule has 0 aliphatic carbocycles. The van der Waals surface area contributed by atoms with Crippen molar-refractivity contribution in [3.63, 3.8) is 0 Å². The minimum atomic E-state index is -0.774. The summed E-state index contributed by atoms with van der Waals surface area (Å²) < 4.78 is 61.6. The maximum atomic E-state index is 12.1. The van der Waals surface area contributed by atoms with Gasteiger partial charge in [0.25, 0.3) is 11.8 Å². The molecule has 18 nitrogen and oxygen atoms in total. The lowest BCUT2D eigenvalue weighted by Gasteiger charge is -2.32. The first-order valence-electron chi connectivity index (χ1n) is 20.3. The summed E-state index contributed by atoms with van der Waals surface area (Å²) in [6.45, 7) is 15.9. The summed E-state index contributed by atoms with van der Waals surface area (Å²) in [6, 6.07) is 7.01. The van der Waals surface area contributed by atoms with Gasteiger partial charge in [0.2, 0.25) is 5.91 Å². The minimum Gasteiger partial charge on any atom is -0.494 e. The second-order valence-corrected chi connectivity index (χ2v) is 14.3. The van der Waals surface area contributed by atoms with E-state index >= 15 is 0 Å². The van der Waals surface area contributed by atoms with Crippen LogP contribution in [-0.4, -0.2) is 172 Å². The van der Waals surface area contributed by atoms with Crippen molar-refractivity contribution in [2.24, 2.45) is 0 Å². The molecule has 2 aliphatic rings. The Morgan fingerprint density at radius 3 is 1.44 bits per heavy atom. The van der Waals surface area contributed by atoms with Crippen molar-refractivity contribution in [3.05, 3.63) is 36.4 Å². The number of carbonyl (C=O) groups is 4. The Morgan fingerprint density at radius 2 is 0.983 bits per heavy atom. The Hall–Kier alpha value is -3.50. The number of nitrogens with one attached hydrogen (secondary N) is 2. The number of ether oxygens (including phenoxy) is 9. The van der Waals surface area contributed by atoms with E-state index in [0.717, 1.165) is 36.2 Å². The molecule has 19 heteroatoms. The smallest absolute Gasteiger partial charge is 0.494 e. The van der Waals surface area contributed by atoms with Gasteiger partial charge in [-0.25, -0.2) is 4.79 Å². The molecular weight excluding hydrogens is 773 g/mol. The van der Waals surface area contributed by atoms with Crippen LogP contribution in [0.4, 0.5) is 4.79 Å². The van der Waals surface area contributed by atoms with Crippen LogP contribution in [0, 0.1) is 0 Å². The minimum absolute atomic E-state index is 0.0435. The standard InChI is InChI=1S/C40H64BN3O15/c1-39(2)40(3,4)59-41(58-39)33-7-9-34(10-8-33)57-16-6-5-14-42-35(45)13-17-49-19-21-51-23-25-53-27-29-55-31-32-56-30-28-54-26-24-52-22-20-50-18-15-43-38(48)44-36(46)11-12-37(44)47/h7-12H,5-6,13-32H2,1-4H3,(H,42,45)(H,43,48).